The molecule has 0 aliphatic carbocycles. The zero-order chi connectivity index (χ0) is 24.1. The number of carboxylic acid groups (broad SMARTS) is 1. The number of aliphatic imine (C=N–C) groups is 1. The van der Waals surface area contributed by atoms with E-state index in [-0.39, 0.29) is 45.7 Å². The first-order valence-electron chi connectivity index (χ1n) is 9.45. The molecular weight excluding hydrogens is 450 g/mol. The number of amides is 1. The number of likely N-dealkylation sites (N-methyl/N-ethyl adjacent to an activating group) is 1. The van der Waals surface area contributed by atoms with E-state index in [2.05, 4.69) is 11.6 Å². The summed E-state index contributed by atoms with van der Waals surface area (Å²) in [5.41, 5.74) is 0.483. The molecule has 0 unspecified atom stereocenters. The Balaban J connectivity index is 2.04. The molecule has 0 bridgehead atoms. The SMILES string of the molecule is C=CCOc1c(/C=C2/SC(=Nc3cccc(C(=O)O)c3)N(C)C2=O)cc([N+](=O)[O-])cc1OC. The highest BCUT2D eigenvalue weighted by atomic mass is 32.2. The molecule has 1 aliphatic rings. The van der Waals surface area contributed by atoms with E-state index in [1.165, 1.54) is 55.5 Å². The molecule has 2 aromatic carbocycles. The molecule has 1 aliphatic heterocycles. The topological polar surface area (TPSA) is 132 Å². The number of ether oxygens (including phenoxy) is 2. The van der Waals surface area contributed by atoms with Gasteiger partial charge in [-0.2, -0.15) is 0 Å². The van der Waals surface area contributed by atoms with Crippen molar-refractivity contribution in [1.82, 2.24) is 4.90 Å². The second kappa shape index (κ2) is 10.0. The van der Waals surface area contributed by atoms with E-state index in [1.807, 2.05) is 0 Å². The summed E-state index contributed by atoms with van der Waals surface area (Å²) in [7, 11) is 2.88. The van der Waals surface area contributed by atoms with Crippen LogP contribution in [0.1, 0.15) is 15.9 Å². The molecule has 1 fully saturated rings. The lowest BCUT2D eigenvalue weighted by molar-refractivity contribution is -0.385. The van der Waals surface area contributed by atoms with Crippen LogP contribution in [-0.4, -0.2) is 52.7 Å². The molecule has 0 spiro atoms. The van der Waals surface area contributed by atoms with Gasteiger partial charge in [0.05, 0.1) is 34.3 Å². The van der Waals surface area contributed by atoms with Crippen LogP contribution in [0.3, 0.4) is 0 Å². The zero-order valence-electron chi connectivity index (χ0n) is 17.7. The molecule has 170 valence electrons. The molecule has 10 nitrogen and oxygen atoms in total. The third-order valence-electron chi connectivity index (χ3n) is 4.45. The summed E-state index contributed by atoms with van der Waals surface area (Å²) >= 11 is 1.04. The fraction of sp³-hybridized carbons (Fsp3) is 0.136. The zero-order valence-corrected chi connectivity index (χ0v) is 18.5. The fourth-order valence-corrected chi connectivity index (χ4v) is 3.86. The number of nitrogens with zero attached hydrogens (tertiary/aromatic N) is 3. The van der Waals surface area contributed by atoms with Crippen LogP contribution in [0.15, 0.2) is 59.0 Å². The number of rotatable bonds is 8. The van der Waals surface area contributed by atoms with Gasteiger partial charge in [-0.15, -0.1) is 0 Å². The number of carbonyl (C=O) groups is 2. The largest absolute Gasteiger partial charge is 0.493 e. The number of nitro benzene ring substituents is 1. The predicted octanol–water partition coefficient (Wildman–Crippen LogP) is 4.10. The minimum atomic E-state index is -1.09. The summed E-state index contributed by atoms with van der Waals surface area (Å²) in [5.74, 6) is -1.10. The van der Waals surface area contributed by atoms with E-state index in [4.69, 9.17) is 14.6 Å². The van der Waals surface area contributed by atoms with Crippen molar-refractivity contribution in [3.63, 3.8) is 0 Å². The molecule has 1 amide bonds. The lowest BCUT2D eigenvalue weighted by Crippen LogP contribution is -2.23. The second-order valence-corrected chi connectivity index (χ2v) is 7.66. The molecule has 1 heterocycles. The highest BCUT2D eigenvalue weighted by Crippen LogP contribution is 2.40. The number of nitro groups is 1. The molecule has 11 heteroatoms. The summed E-state index contributed by atoms with van der Waals surface area (Å²) in [6.07, 6.45) is 2.98. The Labute approximate surface area is 193 Å². The number of carbonyl (C=O) groups excluding carboxylic acids is 1. The molecule has 1 N–H and O–H groups in total. The van der Waals surface area contributed by atoms with E-state index in [0.29, 0.717) is 10.9 Å². The number of carboxylic acids is 1. The molecule has 33 heavy (non-hydrogen) atoms. The first-order chi connectivity index (χ1) is 15.7. The maximum absolute atomic E-state index is 12.8. The third kappa shape index (κ3) is 5.21. The van der Waals surface area contributed by atoms with Gasteiger partial charge in [-0.3, -0.25) is 19.8 Å². The van der Waals surface area contributed by atoms with Gasteiger partial charge in [-0.05, 0) is 36.0 Å². The quantitative estimate of drug-likeness (QED) is 0.265. The first-order valence-corrected chi connectivity index (χ1v) is 10.3. The van der Waals surface area contributed by atoms with Crippen LogP contribution < -0.4 is 9.47 Å². The van der Waals surface area contributed by atoms with Crippen molar-refractivity contribution >= 4 is 46.3 Å². The number of non-ortho nitro benzene ring substituents is 1. The monoisotopic (exact) mass is 469 g/mol. The van der Waals surface area contributed by atoms with Gasteiger partial charge in [0.1, 0.15) is 6.61 Å². The van der Waals surface area contributed by atoms with Crippen LogP contribution in [0.4, 0.5) is 11.4 Å². The summed E-state index contributed by atoms with van der Waals surface area (Å²) in [5, 5.41) is 20.8. The highest BCUT2D eigenvalue weighted by Gasteiger charge is 2.31. The Bertz CT molecular complexity index is 1210. The van der Waals surface area contributed by atoms with Crippen LogP contribution in [0.5, 0.6) is 11.5 Å². The number of aromatic carboxylic acids is 1. The van der Waals surface area contributed by atoms with Crippen molar-refractivity contribution < 1.29 is 29.1 Å². The molecule has 1 saturated heterocycles. The van der Waals surface area contributed by atoms with E-state index in [1.54, 1.807) is 12.1 Å². The van der Waals surface area contributed by atoms with Gasteiger partial charge in [-0.1, -0.05) is 18.7 Å². The number of hydrogen-bond donors (Lipinski definition) is 1. The highest BCUT2D eigenvalue weighted by molar-refractivity contribution is 8.18. The van der Waals surface area contributed by atoms with Crippen LogP contribution in [-0.2, 0) is 4.79 Å². The second-order valence-electron chi connectivity index (χ2n) is 6.65. The van der Waals surface area contributed by atoms with Gasteiger partial charge in [0.15, 0.2) is 16.7 Å². The van der Waals surface area contributed by atoms with Crippen molar-refractivity contribution in [1.29, 1.82) is 0 Å². The normalized spacial score (nSPS) is 15.7. The molecule has 3 rings (SSSR count). The Hall–Kier alpha value is -4.12. The fourth-order valence-electron chi connectivity index (χ4n) is 2.88. The van der Waals surface area contributed by atoms with Gasteiger partial charge >= 0.3 is 5.97 Å². The van der Waals surface area contributed by atoms with Crippen molar-refractivity contribution in [3.05, 3.63) is 75.2 Å². The molecule has 0 saturated carbocycles. The van der Waals surface area contributed by atoms with Gasteiger partial charge in [0.25, 0.3) is 11.6 Å². The standard InChI is InChI=1S/C22H19N3O7S/c1-4-8-32-19-14(10-16(25(29)30)12-17(19)31-3)11-18-20(26)24(2)22(33-18)23-15-7-5-6-13(9-15)21(27)28/h4-7,9-12H,1,8H2,2-3H3,(H,27,28)/b18-11+,23-22?. The third-order valence-corrected chi connectivity index (χ3v) is 5.51. The maximum Gasteiger partial charge on any atom is 0.335 e. The smallest absolute Gasteiger partial charge is 0.335 e. The maximum atomic E-state index is 12.8. The first kappa shape index (κ1) is 23.5. The van der Waals surface area contributed by atoms with Crippen molar-refractivity contribution in [3.8, 4) is 11.5 Å². The van der Waals surface area contributed by atoms with Gasteiger partial charge in [0, 0.05) is 18.7 Å². The summed E-state index contributed by atoms with van der Waals surface area (Å²) in [6.45, 7) is 3.71. The van der Waals surface area contributed by atoms with E-state index >= 15 is 0 Å². The number of methoxy groups -OCH3 is 1. The average molecular weight is 469 g/mol. The van der Waals surface area contributed by atoms with Crippen LogP contribution >= 0.6 is 11.8 Å². The Morgan fingerprint density at radius 2 is 2.12 bits per heavy atom. The minimum Gasteiger partial charge on any atom is -0.493 e. The van der Waals surface area contributed by atoms with Gasteiger partial charge in [-0.25, -0.2) is 9.79 Å². The number of thioether (sulfide) groups is 1. The summed E-state index contributed by atoms with van der Waals surface area (Å²) in [6, 6.07) is 8.52. The summed E-state index contributed by atoms with van der Waals surface area (Å²) < 4.78 is 10.9. The Morgan fingerprint density at radius 1 is 1.36 bits per heavy atom. The van der Waals surface area contributed by atoms with Gasteiger partial charge in [0.2, 0.25) is 0 Å². The number of amidine groups is 1. The Morgan fingerprint density at radius 3 is 2.76 bits per heavy atom. The van der Waals surface area contributed by atoms with E-state index in [9.17, 15) is 19.7 Å². The predicted molar refractivity (Wildman–Crippen MR) is 124 cm³/mol. The number of benzene rings is 2. The van der Waals surface area contributed by atoms with Crippen molar-refractivity contribution in [2.75, 3.05) is 20.8 Å². The van der Waals surface area contributed by atoms with E-state index in [0.717, 1.165) is 11.8 Å². The van der Waals surface area contributed by atoms with Crippen molar-refractivity contribution in [2.24, 2.45) is 4.99 Å². The van der Waals surface area contributed by atoms with Gasteiger partial charge < -0.3 is 14.6 Å². The Kier molecular flexibility index (Phi) is 7.13. The van der Waals surface area contributed by atoms with Crippen LogP contribution in [0.2, 0.25) is 0 Å². The van der Waals surface area contributed by atoms with Crippen molar-refractivity contribution in [2.45, 2.75) is 0 Å². The lowest BCUT2D eigenvalue weighted by Gasteiger charge is -2.12. The molecular formula is C22H19N3O7S. The van der Waals surface area contributed by atoms with Crippen LogP contribution in [0, 0.1) is 10.1 Å². The summed E-state index contributed by atoms with van der Waals surface area (Å²) in [4.78, 5) is 40.7. The van der Waals surface area contributed by atoms with E-state index < -0.39 is 10.9 Å². The molecule has 0 radical (unpaired) electrons. The minimum absolute atomic E-state index is 0.0669. The lowest BCUT2D eigenvalue weighted by atomic mass is 10.1. The molecule has 2 aromatic rings. The van der Waals surface area contributed by atoms with Crippen LogP contribution in [0.25, 0.3) is 6.08 Å². The number of hydrogen-bond acceptors (Lipinski definition) is 8. The molecule has 0 aromatic heterocycles. The average Bonchev–Trinajstić information content (AvgIpc) is 3.05. The molecule has 0 atom stereocenters.